The van der Waals surface area contributed by atoms with Crippen LogP contribution in [-0.2, 0) is 40.0 Å². The van der Waals surface area contributed by atoms with Gasteiger partial charge in [0.15, 0.2) is 5.96 Å². The lowest BCUT2D eigenvalue weighted by Crippen LogP contribution is -2.59. The molecule has 0 aromatic heterocycles. The topological polar surface area (TPSA) is 279 Å². The lowest BCUT2D eigenvalue weighted by molar-refractivity contribution is -0.149. The summed E-state index contributed by atoms with van der Waals surface area (Å²) in [6, 6.07) is 4.41. The van der Waals surface area contributed by atoms with Crippen LogP contribution in [0.2, 0.25) is 0 Å². The van der Waals surface area contributed by atoms with E-state index in [4.69, 9.17) is 11.5 Å². The van der Waals surface area contributed by atoms with E-state index in [2.05, 4.69) is 33.2 Å². The number of hydrogen-bond donors (Lipinski definition) is 8. The third-order valence-electron chi connectivity index (χ3n) is 11.7. The summed E-state index contributed by atoms with van der Waals surface area (Å²) in [6.07, 6.45) is 8.07. The van der Waals surface area contributed by atoms with Gasteiger partial charge in [-0.15, -0.1) is 0 Å². The van der Waals surface area contributed by atoms with Crippen molar-refractivity contribution in [1.82, 2.24) is 31.1 Å². The molecule has 0 bridgehead atoms. The molecule has 2 saturated heterocycles. The van der Waals surface area contributed by atoms with Crippen LogP contribution in [0.25, 0.3) is 0 Å². The normalized spacial score (nSPS) is 18.3. The first kappa shape index (κ1) is 52.1. The number of unbranched alkanes of at least 4 members (excludes halogenated alkanes) is 6. The number of carbonyl (C=O) groups is 7. The third kappa shape index (κ3) is 17.8. The van der Waals surface area contributed by atoms with Crippen molar-refractivity contribution in [1.29, 1.82) is 0 Å². The minimum atomic E-state index is -1.33. The fraction of sp³-hybridized carbons (Fsp3) is 0.689. The maximum absolute atomic E-state index is 14.3. The van der Waals surface area contributed by atoms with Crippen molar-refractivity contribution in [2.24, 2.45) is 22.4 Å². The number of hydrogen-bond acceptors (Lipinski definition) is 9. The number of aliphatic hydroxyl groups is 1. The summed E-state index contributed by atoms with van der Waals surface area (Å²) in [7, 11) is 0. The molecule has 18 nitrogen and oxygen atoms in total. The van der Waals surface area contributed by atoms with Gasteiger partial charge in [-0.25, -0.2) is 4.79 Å². The van der Waals surface area contributed by atoms with Gasteiger partial charge >= 0.3 is 5.97 Å². The van der Waals surface area contributed by atoms with Crippen LogP contribution < -0.4 is 32.7 Å². The number of aliphatic carboxylic acids is 1. The molecule has 352 valence electrons. The van der Waals surface area contributed by atoms with E-state index in [1.807, 2.05) is 37.3 Å². The molecule has 3 rings (SSSR count). The molecular weight excluding hydrogens is 811 g/mol. The summed E-state index contributed by atoms with van der Waals surface area (Å²) < 4.78 is 0. The van der Waals surface area contributed by atoms with Crippen LogP contribution in [0.15, 0.2) is 35.3 Å². The average Bonchev–Trinajstić information content (AvgIpc) is 3.95. The van der Waals surface area contributed by atoms with E-state index in [0.717, 1.165) is 31.2 Å². The largest absolute Gasteiger partial charge is 0.480 e. The van der Waals surface area contributed by atoms with Gasteiger partial charge in [-0.3, -0.25) is 33.8 Å². The fourth-order valence-corrected chi connectivity index (χ4v) is 8.17. The molecule has 1 aromatic rings. The molecule has 63 heavy (non-hydrogen) atoms. The van der Waals surface area contributed by atoms with Crippen molar-refractivity contribution in [3.8, 4) is 0 Å². The number of nitrogens with zero attached hydrogens (tertiary/aromatic N) is 3. The van der Waals surface area contributed by atoms with E-state index in [1.165, 1.54) is 16.7 Å². The molecule has 2 aliphatic heterocycles. The summed E-state index contributed by atoms with van der Waals surface area (Å²) in [5, 5.41) is 31.3. The van der Waals surface area contributed by atoms with Crippen molar-refractivity contribution in [2.45, 2.75) is 166 Å². The number of nitrogens with one attached hydrogen (secondary N) is 4. The van der Waals surface area contributed by atoms with Gasteiger partial charge in [0.1, 0.15) is 30.2 Å². The molecule has 0 radical (unpaired) electrons. The number of likely N-dealkylation sites (tertiary alicyclic amines) is 2. The van der Waals surface area contributed by atoms with Gasteiger partial charge in [0.25, 0.3) is 0 Å². The smallest absolute Gasteiger partial charge is 0.326 e. The quantitative estimate of drug-likeness (QED) is 0.0342. The second kappa shape index (κ2) is 27.7. The highest BCUT2D eigenvalue weighted by Gasteiger charge is 2.44. The number of guanidine groups is 1. The highest BCUT2D eigenvalue weighted by molar-refractivity contribution is 5.96. The predicted octanol–water partition coefficient (Wildman–Crippen LogP) is 1.86. The summed E-state index contributed by atoms with van der Waals surface area (Å²) in [5.41, 5.74) is 11.8. The van der Waals surface area contributed by atoms with E-state index in [9.17, 15) is 43.8 Å². The number of benzene rings is 1. The van der Waals surface area contributed by atoms with E-state index < -0.39 is 71.8 Å². The molecule has 18 heteroatoms. The number of aliphatic imine (C=N–C) groups is 1. The van der Waals surface area contributed by atoms with Gasteiger partial charge in [0, 0.05) is 38.5 Å². The Morgan fingerprint density at radius 2 is 1.43 bits per heavy atom. The number of carboxylic acid groups (broad SMARTS) is 1. The lowest BCUT2D eigenvalue weighted by atomic mass is 10.0. The minimum Gasteiger partial charge on any atom is -0.480 e. The monoisotopic (exact) mass is 884 g/mol. The zero-order chi connectivity index (χ0) is 46.3. The SMILES string of the molecule is CCCCCCCC(NC(=O)C(NC(=O)CCCCCNC(=O)C(C)Cc1ccccc1)C(C)O)C(=O)N1CCCC1C(=O)N1CCCC1C(=O)N[C@H](CCCN=C(N)N)C(=O)O. The first-order valence-corrected chi connectivity index (χ1v) is 22.9. The maximum atomic E-state index is 14.3. The van der Waals surface area contributed by atoms with Gasteiger partial charge in [-0.1, -0.05) is 82.7 Å². The number of carboxylic acids is 1. The first-order chi connectivity index (χ1) is 30.1. The van der Waals surface area contributed by atoms with Crippen LogP contribution in [0.5, 0.6) is 0 Å². The average molecular weight is 884 g/mol. The van der Waals surface area contributed by atoms with Gasteiger partial charge < -0.3 is 52.7 Å². The fourth-order valence-electron chi connectivity index (χ4n) is 8.17. The minimum absolute atomic E-state index is 0.0334. The second-order valence-electron chi connectivity index (χ2n) is 17.0. The number of amides is 6. The lowest BCUT2D eigenvalue weighted by Gasteiger charge is -2.33. The van der Waals surface area contributed by atoms with E-state index in [0.29, 0.717) is 70.8 Å². The van der Waals surface area contributed by atoms with Crippen LogP contribution in [0.1, 0.15) is 129 Å². The molecular formula is C45H73N9O9. The number of nitrogens with two attached hydrogens (primary N) is 2. The molecule has 0 saturated carbocycles. The van der Waals surface area contributed by atoms with Crippen LogP contribution in [0.3, 0.4) is 0 Å². The number of aliphatic hydroxyl groups excluding tert-OH is 1. The highest BCUT2D eigenvalue weighted by Crippen LogP contribution is 2.27. The Morgan fingerprint density at radius 3 is 2.10 bits per heavy atom. The summed E-state index contributed by atoms with van der Waals surface area (Å²) in [6.45, 7) is 6.54. The predicted molar refractivity (Wildman–Crippen MR) is 239 cm³/mol. The van der Waals surface area contributed by atoms with Crippen molar-refractivity contribution in [2.75, 3.05) is 26.2 Å². The van der Waals surface area contributed by atoms with Crippen molar-refractivity contribution < 1.29 is 43.8 Å². The Bertz CT molecular complexity index is 1670. The molecule has 2 fully saturated rings. The van der Waals surface area contributed by atoms with Crippen LogP contribution in [0.4, 0.5) is 0 Å². The van der Waals surface area contributed by atoms with E-state index in [-0.39, 0.29) is 56.7 Å². The van der Waals surface area contributed by atoms with Crippen molar-refractivity contribution in [3.05, 3.63) is 35.9 Å². The molecule has 6 amide bonds. The summed E-state index contributed by atoms with van der Waals surface area (Å²) >= 11 is 0. The highest BCUT2D eigenvalue weighted by atomic mass is 16.4. The van der Waals surface area contributed by atoms with Gasteiger partial charge in [-0.05, 0) is 76.7 Å². The standard InChI is InChI=1S/C45H73N9O9/c1-4-5-6-7-12-20-33(50-41(59)38(31(3)55)52-37(56)24-13-9-14-25-48-39(57)30(2)29-32-18-10-8-11-19-32)42(60)54-28-17-23-36(54)43(61)53-27-16-22-35(53)40(58)51-34(44(62)63)21-15-26-49-45(46)47/h8,10-11,18-19,30-31,33-36,38,55H,4-7,9,12-17,20-29H2,1-3H3,(H,48,57)(H,50,59)(H,51,58)(H,52,56)(H,62,63)(H4,46,47,49)/t30?,31?,33?,34-,35?,36?,38?/m1/s1. The van der Waals surface area contributed by atoms with Crippen LogP contribution >= 0.6 is 0 Å². The van der Waals surface area contributed by atoms with E-state index in [1.54, 1.807) is 0 Å². The van der Waals surface area contributed by atoms with Gasteiger partial charge in [0.05, 0.1) is 6.10 Å². The Morgan fingerprint density at radius 1 is 0.778 bits per heavy atom. The van der Waals surface area contributed by atoms with E-state index >= 15 is 0 Å². The van der Waals surface area contributed by atoms with Gasteiger partial charge in [0.2, 0.25) is 35.4 Å². The first-order valence-electron chi connectivity index (χ1n) is 22.9. The maximum Gasteiger partial charge on any atom is 0.326 e. The van der Waals surface area contributed by atoms with Gasteiger partial charge in [-0.2, -0.15) is 0 Å². The molecule has 6 unspecified atom stereocenters. The zero-order valence-electron chi connectivity index (χ0n) is 37.5. The number of rotatable bonds is 28. The Balaban J connectivity index is 1.59. The van der Waals surface area contributed by atoms with Crippen LogP contribution in [-0.4, -0.2) is 130 Å². The Hall–Kier alpha value is -5.26. The van der Waals surface area contributed by atoms with Crippen LogP contribution in [0, 0.1) is 5.92 Å². The van der Waals surface area contributed by atoms with Crippen molar-refractivity contribution >= 4 is 47.4 Å². The molecule has 10 N–H and O–H groups in total. The molecule has 0 spiro atoms. The molecule has 0 aliphatic carbocycles. The summed E-state index contributed by atoms with van der Waals surface area (Å²) in [4.78, 5) is 99.9. The summed E-state index contributed by atoms with van der Waals surface area (Å²) in [5.74, 6) is -4.19. The van der Waals surface area contributed by atoms with Crippen molar-refractivity contribution in [3.63, 3.8) is 0 Å². The second-order valence-corrected chi connectivity index (χ2v) is 17.0. The molecule has 2 aliphatic rings. The number of carbonyl (C=O) groups excluding carboxylic acids is 6. The Kier molecular flexibility index (Phi) is 22.9. The molecule has 1 aromatic carbocycles. The Labute approximate surface area is 372 Å². The molecule has 2 heterocycles. The zero-order valence-corrected chi connectivity index (χ0v) is 37.5. The molecule has 7 atom stereocenters. The third-order valence-corrected chi connectivity index (χ3v) is 11.7.